The van der Waals surface area contributed by atoms with Gasteiger partial charge in [-0.05, 0) is 24.3 Å². The molecule has 26 heavy (non-hydrogen) atoms. The number of ether oxygens (including phenoxy) is 2. The first-order valence-electron chi connectivity index (χ1n) is 6.73. The van der Waals surface area contributed by atoms with E-state index in [4.69, 9.17) is 9.47 Å². The monoisotopic (exact) mass is 398 g/mol. The van der Waals surface area contributed by atoms with Gasteiger partial charge in [0.25, 0.3) is 0 Å². The van der Waals surface area contributed by atoms with Gasteiger partial charge in [-0.25, -0.2) is 13.2 Å². The van der Waals surface area contributed by atoms with E-state index in [2.05, 4.69) is 4.18 Å². The minimum Gasteiger partial charge on any atom is -0.493 e. The second-order valence-electron chi connectivity index (χ2n) is 4.79. The Hall–Kier alpha value is -2.40. The van der Waals surface area contributed by atoms with Gasteiger partial charge in [0.1, 0.15) is 0 Å². The van der Waals surface area contributed by atoms with Gasteiger partial charge < -0.3 is 9.47 Å². The van der Waals surface area contributed by atoms with Crippen molar-refractivity contribution in [1.82, 2.24) is 0 Å². The van der Waals surface area contributed by atoms with Crippen molar-refractivity contribution in [2.75, 3.05) is 14.2 Å². The Morgan fingerprint density at radius 1 is 0.885 bits per heavy atom. The molecule has 0 N–H and O–H groups in total. The lowest BCUT2D eigenvalue weighted by molar-refractivity contribution is -0.183. The molecule has 0 unspecified atom stereocenters. The van der Waals surface area contributed by atoms with Crippen LogP contribution in [0.3, 0.4) is 0 Å². The molecule has 0 aromatic heterocycles. The molecule has 0 spiro atoms. The number of methoxy groups -OCH3 is 2. The second-order valence-corrected chi connectivity index (χ2v) is 6.34. The smallest absolute Gasteiger partial charge is 0.400 e. The van der Waals surface area contributed by atoms with Crippen LogP contribution in [0.5, 0.6) is 11.5 Å². The molecule has 0 radical (unpaired) electrons. The summed E-state index contributed by atoms with van der Waals surface area (Å²) in [4.78, 5) is -0.752. The van der Waals surface area contributed by atoms with Crippen molar-refractivity contribution in [2.45, 2.75) is 11.0 Å². The Morgan fingerprint density at radius 2 is 1.50 bits per heavy atom. The van der Waals surface area contributed by atoms with Crippen molar-refractivity contribution in [2.24, 2.45) is 0 Å². The Balaban J connectivity index is 2.44. The fourth-order valence-electron chi connectivity index (χ4n) is 1.95. The Labute approximate surface area is 145 Å². The van der Waals surface area contributed by atoms with Gasteiger partial charge in [0.15, 0.2) is 29.0 Å². The van der Waals surface area contributed by atoms with Crippen LogP contribution in [0.25, 0.3) is 0 Å². The van der Waals surface area contributed by atoms with E-state index in [9.17, 15) is 30.4 Å². The van der Waals surface area contributed by atoms with Crippen molar-refractivity contribution in [3.05, 3.63) is 53.3 Å². The first-order valence-corrected chi connectivity index (χ1v) is 8.13. The Kier molecular flexibility index (Phi) is 5.42. The summed E-state index contributed by atoms with van der Waals surface area (Å²) in [5.74, 6) is -6.15. The van der Waals surface area contributed by atoms with E-state index < -0.39 is 44.1 Å². The molecule has 0 bridgehead atoms. The number of halogens is 5. The summed E-state index contributed by atoms with van der Waals surface area (Å²) in [6.45, 7) is 0. The first kappa shape index (κ1) is 19.9. The van der Waals surface area contributed by atoms with Crippen molar-refractivity contribution >= 4 is 10.1 Å². The average molecular weight is 398 g/mol. The lowest BCUT2D eigenvalue weighted by Gasteiger charge is -2.18. The highest BCUT2D eigenvalue weighted by Gasteiger charge is 2.43. The van der Waals surface area contributed by atoms with Gasteiger partial charge in [-0.2, -0.15) is 21.4 Å². The van der Waals surface area contributed by atoms with Crippen LogP contribution < -0.4 is 9.47 Å². The highest BCUT2D eigenvalue weighted by molar-refractivity contribution is 7.86. The second kappa shape index (κ2) is 7.08. The predicted octanol–water partition coefficient (Wildman–Crippen LogP) is 3.58. The van der Waals surface area contributed by atoms with Crippen LogP contribution in [0.1, 0.15) is 5.56 Å². The van der Waals surface area contributed by atoms with Gasteiger partial charge >= 0.3 is 16.2 Å². The van der Waals surface area contributed by atoms with Crippen LogP contribution in [-0.4, -0.2) is 22.6 Å². The summed E-state index contributed by atoms with van der Waals surface area (Å²) in [5, 5.41) is 0. The normalized spacial score (nSPS) is 12.1. The molecule has 5 nitrogen and oxygen atoms in total. The fourth-order valence-corrected chi connectivity index (χ4v) is 2.90. The van der Waals surface area contributed by atoms with E-state index in [0.717, 1.165) is 18.2 Å². The molecule has 0 heterocycles. The minimum absolute atomic E-state index is 0.0977. The summed E-state index contributed by atoms with van der Waals surface area (Å²) in [5.41, 5.74) is -1.78. The molecule has 0 amide bonds. The fraction of sp³-hybridized carbons (Fsp3) is 0.200. The van der Waals surface area contributed by atoms with Crippen molar-refractivity contribution in [3.63, 3.8) is 0 Å². The summed E-state index contributed by atoms with van der Waals surface area (Å²) in [6.07, 6.45) is -4.80. The van der Waals surface area contributed by atoms with Gasteiger partial charge in [0.2, 0.25) is 0 Å². The van der Waals surface area contributed by atoms with Crippen LogP contribution in [-0.2, 0) is 20.4 Å². The lowest BCUT2D eigenvalue weighted by atomic mass is 10.2. The molecule has 0 aliphatic heterocycles. The van der Waals surface area contributed by atoms with Crippen molar-refractivity contribution < 1.29 is 44.0 Å². The van der Waals surface area contributed by atoms with Gasteiger partial charge in [-0.15, -0.1) is 0 Å². The first-order chi connectivity index (χ1) is 12.0. The Bertz CT molecular complexity index is 930. The molecule has 0 aliphatic carbocycles. The number of hydrogen-bond acceptors (Lipinski definition) is 5. The third kappa shape index (κ3) is 3.73. The van der Waals surface area contributed by atoms with Gasteiger partial charge in [-0.1, -0.05) is 0 Å². The molecule has 0 saturated carbocycles. The molecule has 11 heteroatoms. The minimum atomic E-state index is -5.13. The van der Waals surface area contributed by atoms with Gasteiger partial charge in [0, 0.05) is 6.07 Å². The molecule has 2 aromatic rings. The number of benzene rings is 2. The average Bonchev–Trinajstić information content (AvgIpc) is 2.57. The Morgan fingerprint density at radius 3 is 2.08 bits per heavy atom. The standard InChI is InChI=1S/C15H11F5O5S/c1-23-11-6-3-8(7-12(11)24-2)26(21,22)25-15(19,20)9-4-5-10(16)14(18)13(9)17/h3-7H,1-2H3. The maximum atomic E-state index is 14.1. The summed E-state index contributed by atoms with van der Waals surface area (Å²) < 4.78 is 105. The maximum absolute atomic E-state index is 14.1. The van der Waals surface area contributed by atoms with E-state index in [1.807, 2.05) is 0 Å². The zero-order valence-corrected chi connectivity index (χ0v) is 14.0. The van der Waals surface area contributed by atoms with Crippen LogP contribution in [0, 0.1) is 17.5 Å². The van der Waals surface area contributed by atoms with E-state index in [0.29, 0.717) is 0 Å². The van der Waals surface area contributed by atoms with Crippen LogP contribution in [0.4, 0.5) is 22.0 Å². The van der Waals surface area contributed by atoms with Crippen molar-refractivity contribution in [1.29, 1.82) is 0 Å². The van der Waals surface area contributed by atoms with Crippen LogP contribution >= 0.6 is 0 Å². The van der Waals surface area contributed by atoms with E-state index in [1.165, 1.54) is 14.2 Å². The number of rotatable bonds is 6. The number of hydrogen-bond donors (Lipinski definition) is 0. The molecular formula is C15H11F5O5S. The third-order valence-electron chi connectivity index (χ3n) is 3.21. The highest BCUT2D eigenvalue weighted by Crippen LogP contribution is 2.37. The SMILES string of the molecule is COc1ccc(S(=O)(=O)OC(F)(F)c2ccc(F)c(F)c2F)cc1OC. The molecular weight excluding hydrogens is 387 g/mol. The molecule has 0 saturated heterocycles. The van der Waals surface area contributed by atoms with Crippen molar-refractivity contribution in [3.8, 4) is 11.5 Å². The van der Waals surface area contributed by atoms with E-state index in [1.54, 1.807) is 0 Å². The van der Waals surface area contributed by atoms with Gasteiger partial charge in [-0.3, -0.25) is 0 Å². The molecule has 0 atom stereocenters. The summed E-state index contributed by atoms with van der Waals surface area (Å²) in [7, 11) is -2.68. The zero-order chi connectivity index (χ0) is 19.7. The molecule has 0 fully saturated rings. The zero-order valence-electron chi connectivity index (χ0n) is 13.2. The quantitative estimate of drug-likeness (QED) is 0.423. The highest BCUT2D eigenvalue weighted by atomic mass is 32.2. The summed E-state index contributed by atoms with van der Waals surface area (Å²) in [6, 6.07) is 3.23. The molecule has 0 aliphatic rings. The van der Waals surface area contributed by atoms with E-state index >= 15 is 0 Å². The van der Waals surface area contributed by atoms with Gasteiger partial charge in [0.05, 0.1) is 24.7 Å². The number of alkyl halides is 2. The topological polar surface area (TPSA) is 61.8 Å². The third-order valence-corrected chi connectivity index (χ3v) is 4.47. The van der Waals surface area contributed by atoms with E-state index in [-0.39, 0.29) is 23.6 Å². The molecule has 2 rings (SSSR count). The summed E-state index contributed by atoms with van der Waals surface area (Å²) >= 11 is 0. The van der Waals surface area contributed by atoms with Crippen LogP contribution in [0.15, 0.2) is 35.2 Å². The molecule has 142 valence electrons. The molecule has 2 aromatic carbocycles. The largest absolute Gasteiger partial charge is 0.493 e. The maximum Gasteiger partial charge on any atom is 0.400 e. The lowest BCUT2D eigenvalue weighted by Crippen LogP contribution is -2.25. The van der Waals surface area contributed by atoms with Crippen LogP contribution in [0.2, 0.25) is 0 Å². The predicted molar refractivity (Wildman–Crippen MR) is 78.0 cm³/mol.